The van der Waals surface area contributed by atoms with Gasteiger partial charge in [-0.3, -0.25) is 4.79 Å². The maximum atomic E-state index is 11.6. The number of hydrogen-bond donors (Lipinski definition) is 1. The number of rotatable bonds is 7. The molecule has 27 heavy (non-hydrogen) atoms. The molecule has 0 radical (unpaired) electrons. The van der Waals surface area contributed by atoms with Crippen molar-refractivity contribution in [3.8, 4) is 22.6 Å². The molecule has 0 aromatic heterocycles. The fourth-order valence-electron chi connectivity index (χ4n) is 2.36. The van der Waals surface area contributed by atoms with Crippen molar-refractivity contribution < 1.29 is 23.8 Å². The van der Waals surface area contributed by atoms with Crippen LogP contribution in [-0.2, 0) is 4.74 Å². The fourth-order valence-corrected chi connectivity index (χ4v) is 2.36. The monoisotopic (exact) mass is 371 g/mol. The molecule has 1 amide bonds. The van der Waals surface area contributed by atoms with Crippen molar-refractivity contribution >= 4 is 12.4 Å². The van der Waals surface area contributed by atoms with E-state index in [1.54, 1.807) is 40.0 Å². The van der Waals surface area contributed by atoms with Gasteiger partial charge in [-0.05, 0) is 62.2 Å². The van der Waals surface area contributed by atoms with Crippen molar-refractivity contribution in [2.24, 2.45) is 0 Å². The predicted molar refractivity (Wildman–Crippen MR) is 104 cm³/mol. The normalized spacial score (nSPS) is 10.8. The lowest BCUT2D eigenvalue weighted by Crippen LogP contribution is -2.34. The number of benzene rings is 2. The van der Waals surface area contributed by atoms with Gasteiger partial charge < -0.3 is 19.5 Å². The molecule has 2 rings (SSSR count). The summed E-state index contributed by atoms with van der Waals surface area (Å²) < 4.78 is 16.0. The molecule has 0 saturated carbocycles. The lowest BCUT2D eigenvalue weighted by molar-refractivity contribution is 0.0520. The van der Waals surface area contributed by atoms with Crippen LogP contribution >= 0.6 is 0 Å². The van der Waals surface area contributed by atoms with Crippen molar-refractivity contribution in [3.63, 3.8) is 0 Å². The van der Waals surface area contributed by atoms with Gasteiger partial charge in [-0.25, -0.2) is 4.79 Å². The Hall–Kier alpha value is -3.02. The molecule has 0 bridgehead atoms. The van der Waals surface area contributed by atoms with Crippen molar-refractivity contribution in [2.75, 3.05) is 20.3 Å². The summed E-state index contributed by atoms with van der Waals surface area (Å²) in [4.78, 5) is 22.9. The van der Waals surface area contributed by atoms with Gasteiger partial charge in [0.05, 0.1) is 13.7 Å². The highest BCUT2D eigenvalue weighted by molar-refractivity contribution is 5.80. The number of hydrogen-bond acceptors (Lipinski definition) is 5. The highest BCUT2D eigenvalue weighted by Gasteiger charge is 2.15. The minimum Gasteiger partial charge on any atom is -0.497 e. The molecular weight excluding hydrogens is 346 g/mol. The van der Waals surface area contributed by atoms with Crippen molar-refractivity contribution in [1.82, 2.24) is 5.32 Å². The van der Waals surface area contributed by atoms with Crippen LogP contribution < -0.4 is 14.8 Å². The van der Waals surface area contributed by atoms with Crippen molar-refractivity contribution in [1.29, 1.82) is 0 Å². The second-order valence-corrected chi connectivity index (χ2v) is 6.91. The summed E-state index contributed by atoms with van der Waals surface area (Å²) in [7, 11) is 1.61. The molecule has 2 aromatic rings. The first-order valence-electron chi connectivity index (χ1n) is 8.65. The van der Waals surface area contributed by atoms with E-state index in [4.69, 9.17) is 14.2 Å². The minimum absolute atomic E-state index is 0.254. The topological polar surface area (TPSA) is 73.9 Å². The molecule has 0 atom stereocenters. The van der Waals surface area contributed by atoms with Gasteiger partial charge in [0.1, 0.15) is 30.0 Å². The van der Waals surface area contributed by atoms with Gasteiger partial charge in [-0.1, -0.05) is 12.1 Å². The number of aldehydes is 1. The molecule has 0 aliphatic heterocycles. The van der Waals surface area contributed by atoms with E-state index in [9.17, 15) is 9.59 Å². The molecular formula is C21H25NO5. The standard InChI is InChI=1S/C21H25NO5/c1-21(2,3)27-20(24)22-9-10-26-19-12-15(14-23)11-17(13-19)16-5-7-18(25-4)8-6-16/h5-8,11-14H,9-10H2,1-4H3,(H,22,24). The first-order chi connectivity index (χ1) is 12.8. The lowest BCUT2D eigenvalue weighted by atomic mass is 10.0. The number of carbonyl (C=O) groups excluding carboxylic acids is 2. The highest BCUT2D eigenvalue weighted by Crippen LogP contribution is 2.27. The fraction of sp³-hybridized carbons (Fsp3) is 0.333. The predicted octanol–water partition coefficient (Wildman–Crippen LogP) is 4.08. The largest absolute Gasteiger partial charge is 0.497 e. The Bertz CT molecular complexity index is 778. The molecule has 0 unspecified atom stereocenters. The number of amides is 1. The first kappa shape index (κ1) is 20.3. The Morgan fingerprint density at radius 2 is 1.74 bits per heavy atom. The van der Waals surface area contributed by atoms with Crippen molar-refractivity contribution in [3.05, 3.63) is 48.0 Å². The number of methoxy groups -OCH3 is 1. The Morgan fingerprint density at radius 3 is 2.33 bits per heavy atom. The maximum Gasteiger partial charge on any atom is 0.407 e. The van der Waals surface area contributed by atoms with Gasteiger partial charge in [-0.2, -0.15) is 0 Å². The maximum absolute atomic E-state index is 11.6. The van der Waals surface area contributed by atoms with E-state index in [1.807, 2.05) is 30.3 Å². The Balaban J connectivity index is 2.00. The Labute approximate surface area is 159 Å². The van der Waals surface area contributed by atoms with Gasteiger partial charge in [0.25, 0.3) is 0 Å². The summed E-state index contributed by atoms with van der Waals surface area (Å²) in [5, 5.41) is 2.63. The number of nitrogens with one attached hydrogen (secondary N) is 1. The summed E-state index contributed by atoms with van der Waals surface area (Å²) >= 11 is 0. The molecule has 0 spiro atoms. The summed E-state index contributed by atoms with van der Waals surface area (Å²) in [6.07, 6.45) is 0.283. The average Bonchev–Trinajstić information content (AvgIpc) is 2.63. The van der Waals surface area contributed by atoms with Gasteiger partial charge in [0.15, 0.2) is 0 Å². The van der Waals surface area contributed by atoms with Crippen LogP contribution in [0.25, 0.3) is 11.1 Å². The van der Waals surface area contributed by atoms with Crippen LogP contribution in [0.15, 0.2) is 42.5 Å². The summed E-state index contributed by atoms with van der Waals surface area (Å²) in [6.45, 7) is 5.94. The van der Waals surface area contributed by atoms with Crippen molar-refractivity contribution in [2.45, 2.75) is 26.4 Å². The van der Waals surface area contributed by atoms with E-state index >= 15 is 0 Å². The second-order valence-electron chi connectivity index (χ2n) is 6.91. The third-order valence-electron chi connectivity index (χ3n) is 3.53. The first-order valence-corrected chi connectivity index (χ1v) is 8.65. The van der Waals surface area contributed by atoms with E-state index in [1.165, 1.54) is 0 Å². The molecule has 1 N–H and O–H groups in total. The van der Waals surface area contributed by atoms with E-state index in [-0.39, 0.29) is 13.2 Å². The summed E-state index contributed by atoms with van der Waals surface area (Å²) in [5.74, 6) is 1.31. The summed E-state index contributed by atoms with van der Waals surface area (Å²) in [5.41, 5.74) is 1.77. The molecule has 6 nitrogen and oxygen atoms in total. The van der Waals surface area contributed by atoms with Crippen LogP contribution in [0.1, 0.15) is 31.1 Å². The molecule has 2 aromatic carbocycles. The third-order valence-corrected chi connectivity index (χ3v) is 3.53. The van der Waals surface area contributed by atoms with Gasteiger partial charge in [-0.15, -0.1) is 0 Å². The van der Waals surface area contributed by atoms with Gasteiger partial charge in [0.2, 0.25) is 0 Å². The molecule has 0 heterocycles. The van der Waals surface area contributed by atoms with Crippen LogP contribution in [0.2, 0.25) is 0 Å². The average molecular weight is 371 g/mol. The van der Waals surface area contributed by atoms with Crippen LogP contribution in [0.5, 0.6) is 11.5 Å². The Kier molecular flexibility index (Phi) is 6.82. The van der Waals surface area contributed by atoms with E-state index in [0.29, 0.717) is 11.3 Å². The molecule has 0 aliphatic carbocycles. The number of alkyl carbamates (subject to hydrolysis) is 1. The van der Waals surface area contributed by atoms with Crippen LogP contribution in [0, 0.1) is 0 Å². The van der Waals surface area contributed by atoms with Gasteiger partial charge >= 0.3 is 6.09 Å². The van der Waals surface area contributed by atoms with E-state index in [2.05, 4.69) is 5.32 Å². The molecule has 0 aliphatic rings. The molecule has 144 valence electrons. The quantitative estimate of drug-likeness (QED) is 0.586. The molecule has 0 saturated heterocycles. The smallest absolute Gasteiger partial charge is 0.407 e. The second kappa shape index (κ2) is 9.07. The highest BCUT2D eigenvalue weighted by atomic mass is 16.6. The zero-order valence-electron chi connectivity index (χ0n) is 16.1. The Morgan fingerprint density at radius 1 is 1.04 bits per heavy atom. The third kappa shape index (κ3) is 6.66. The minimum atomic E-state index is -0.545. The number of ether oxygens (including phenoxy) is 3. The lowest BCUT2D eigenvalue weighted by Gasteiger charge is -2.19. The SMILES string of the molecule is COc1ccc(-c2cc(C=O)cc(OCCNC(=O)OC(C)(C)C)c2)cc1. The zero-order valence-corrected chi connectivity index (χ0v) is 16.1. The van der Waals surface area contributed by atoms with Crippen LogP contribution in [0.3, 0.4) is 0 Å². The van der Waals surface area contributed by atoms with Gasteiger partial charge in [0, 0.05) is 5.56 Å². The van der Waals surface area contributed by atoms with E-state index < -0.39 is 11.7 Å². The number of carbonyl (C=O) groups is 2. The zero-order chi connectivity index (χ0) is 19.9. The van der Waals surface area contributed by atoms with E-state index in [0.717, 1.165) is 23.2 Å². The van der Waals surface area contributed by atoms with Crippen LogP contribution in [0.4, 0.5) is 4.79 Å². The summed E-state index contributed by atoms with van der Waals surface area (Å²) in [6, 6.07) is 12.8. The molecule has 0 fully saturated rings. The molecule has 6 heteroatoms. The van der Waals surface area contributed by atoms with Crippen LogP contribution in [-0.4, -0.2) is 38.2 Å².